The fraction of sp³-hybridized carbons (Fsp3) is 0.350. The summed E-state index contributed by atoms with van der Waals surface area (Å²) in [5.41, 5.74) is -0.916. The number of hydrogen-bond acceptors (Lipinski definition) is 2. The molecule has 0 aromatic heterocycles. The summed E-state index contributed by atoms with van der Waals surface area (Å²) in [6.07, 6.45) is 7.47. The van der Waals surface area contributed by atoms with Gasteiger partial charge in [-0.3, -0.25) is 0 Å². The van der Waals surface area contributed by atoms with E-state index in [0.717, 1.165) is 44.2 Å². The van der Waals surface area contributed by atoms with Gasteiger partial charge in [-0.15, -0.1) is 0 Å². The number of allylic oxidation sites excluding steroid dienone is 3. The number of esters is 1. The molecular weight excluding hydrogens is 348 g/mol. The molecule has 0 radical (unpaired) electrons. The first-order valence-electron chi connectivity index (χ1n) is 8.47. The first kappa shape index (κ1) is 19.9. The van der Waals surface area contributed by atoms with Crippen molar-refractivity contribution in [2.45, 2.75) is 38.5 Å². The Morgan fingerprint density at radius 3 is 2.46 bits per heavy atom. The highest BCUT2D eigenvalue weighted by Gasteiger charge is 2.23. The molecule has 1 aromatic carbocycles. The van der Waals surface area contributed by atoms with Crippen LogP contribution in [0, 0.1) is 17.6 Å². The zero-order chi connectivity index (χ0) is 19.1. The summed E-state index contributed by atoms with van der Waals surface area (Å²) in [5.74, 6) is -6.01. The molecule has 0 N–H and O–H groups in total. The van der Waals surface area contributed by atoms with E-state index in [-0.39, 0.29) is 5.75 Å². The van der Waals surface area contributed by atoms with Gasteiger partial charge in [0.1, 0.15) is 23.0 Å². The largest absolute Gasteiger partial charge is 0.423 e. The monoisotopic (exact) mass is 368 g/mol. The number of halogens is 4. The van der Waals surface area contributed by atoms with Crippen LogP contribution in [0.5, 0.6) is 5.75 Å². The molecule has 1 aliphatic rings. The molecule has 1 saturated carbocycles. The van der Waals surface area contributed by atoms with Crippen LogP contribution in [0.2, 0.25) is 0 Å². The lowest BCUT2D eigenvalue weighted by Crippen LogP contribution is -2.14. The second kappa shape index (κ2) is 9.36. The average molecular weight is 368 g/mol. The summed E-state index contributed by atoms with van der Waals surface area (Å²) < 4.78 is 59.3. The van der Waals surface area contributed by atoms with Crippen LogP contribution in [-0.2, 0) is 4.79 Å². The van der Waals surface area contributed by atoms with Crippen LogP contribution < -0.4 is 4.74 Å². The van der Waals surface area contributed by atoms with Crippen LogP contribution in [-0.4, -0.2) is 5.97 Å². The van der Waals surface area contributed by atoms with Crippen LogP contribution in [0.25, 0.3) is 0 Å². The Bertz CT molecular complexity index is 731. The highest BCUT2D eigenvalue weighted by molar-refractivity contribution is 5.95. The number of ether oxygens (including phenoxy) is 1. The summed E-state index contributed by atoms with van der Waals surface area (Å²) in [6, 6.07) is 2.37. The lowest BCUT2D eigenvalue weighted by molar-refractivity contribution is -0.130. The molecule has 1 aromatic rings. The van der Waals surface area contributed by atoms with Gasteiger partial charge < -0.3 is 4.74 Å². The molecule has 0 heterocycles. The Balaban J connectivity index is 2.16. The first-order valence-corrected chi connectivity index (χ1v) is 8.47. The van der Waals surface area contributed by atoms with Crippen LogP contribution >= 0.6 is 0 Å². The molecule has 0 unspecified atom stereocenters. The van der Waals surface area contributed by atoms with Gasteiger partial charge in [0, 0.05) is 6.07 Å². The molecule has 0 spiro atoms. The first-order chi connectivity index (χ1) is 12.4. The van der Waals surface area contributed by atoms with Gasteiger partial charge in [0.15, 0.2) is 11.6 Å². The van der Waals surface area contributed by atoms with Gasteiger partial charge >= 0.3 is 5.97 Å². The van der Waals surface area contributed by atoms with Crippen molar-refractivity contribution >= 4 is 5.97 Å². The zero-order valence-electron chi connectivity index (χ0n) is 14.2. The molecule has 140 valence electrons. The fourth-order valence-corrected chi connectivity index (χ4v) is 2.90. The SMILES string of the molecule is C=C/C(F)=C(C(=O)Oc1ccc(F)c(F)c1)\C(F)=C/CC1CCCCC1. The minimum Gasteiger partial charge on any atom is -0.423 e. The maximum absolute atomic E-state index is 14.4. The molecule has 0 atom stereocenters. The van der Waals surface area contributed by atoms with Crippen molar-refractivity contribution in [3.63, 3.8) is 0 Å². The Morgan fingerprint density at radius 1 is 1.15 bits per heavy atom. The van der Waals surface area contributed by atoms with E-state index in [1.54, 1.807) is 0 Å². The second-order valence-corrected chi connectivity index (χ2v) is 6.18. The van der Waals surface area contributed by atoms with Crippen molar-refractivity contribution in [1.82, 2.24) is 0 Å². The van der Waals surface area contributed by atoms with Gasteiger partial charge in [-0.1, -0.05) is 38.7 Å². The molecule has 2 nitrogen and oxygen atoms in total. The fourth-order valence-electron chi connectivity index (χ4n) is 2.90. The van der Waals surface area contributed by atoms with E-state index in [4.69, 9.17) is 4.74 Å². The summed E-state index contributed by atoms with van der Waals surface area (Å²) in [6.45, 7) is 3.18. The van der Waals surface area contributed by atoms with E-state index < -0.39 is 34.8 Å². The summed E-state index contributed by atoms with van der Waals surface area (Å²) in [5, 5.41) is 0. The predicted octanol–water partition coefficient (Wildman–Crippen LogP) is 6.10. The maximum atomic E-state index is 14.4. The Kier molecular flexibility index (Phi) is 7.18. The zero-order valence-corrected chi connectivity index (χ0v) is 14.2. The molecule has 1 aliphatic carbocycles. The average Bonchev–Trinajstić information content (AvgIpc) is 2.64. The van der Waals surface area contributed by atoms with Gasteiger partial charge in [-0.05, 0) is 36.6 Å². The molecule has 2 rings (SSSR count). The van der Waals surface area contributed by atoms with Crippen LogP contribution in [0.15, 0.2) is 54.2 Å². The molecule has 0 aliphatic heterocycles. The summed E-state index contributed by atoms with van der Waals surface area (Å²) >= 11 is 0. The molecule has 0 bridgehead atoms. The van der Waals surface area contributed by atoms with Crippen LogP contribution in [0.1, 0.15) is 38.5 Å². The van der Waals surface area contributed by atoms with Gasteiger partial charge in [0.2, 0.25) is 0 Å². The Labute approximate surface area is 149 Å². The summed E-state index contributed by atoms with van der Waals surface area (Å²) in [4.78, 5) is 12.1. The van der Waals surface area contributed by atoms with Crippen molar-refractivity contribution in [1.29, 1.82) is 0 Å². The number of carbonyl (C=O) groups is 1. The standard InChI is InChI=1S/C20H20F4O2/c1-2-15(21)19(17(23)10-8-13-6-4-3-5-7-13)20(25)26-14-9-11-16(22)18(24)12-14/h2,9-13H,1,3-8H2/b17-10+,19-15-. The molecular formula is C20H20F4O2. The molecule has 6 heteroatoms. The molecule has 26 heavy (non-hydrogen) atoms. The van der Waals surface area contributed by atoms with Crippen molar-refractivity contribution in [3.8, 4) is 5.75 Å². The third-order valence-electron chi connectivity index (χ3n) is 4.32. The number of benzene rings is 1. The smallest absolute Gasteiger partial charge is 0.349 e. The minimum atomic E-state index is -1.34. The van der Waals surface area contributed by atoms with Gasteiger partial charge in [0.25, 0.3) is 0 Å². The highest BCUT2D eigenvalue weighted by Crippen LogP contribution is 2.29. The normalized spacial score (nSPS) is 16.8. The minimum absolute atomic E-state index is 0.296. The Morgan fingerprint density at radius 2 is 1.85 bits per heavy atom. The predicted molar refractivity (Wildman–Crippen MR) is 90.7 cm³/mol. The number of carbonyl (C=O) groups excluding carboxylic acids is 1. The van der Waals surface area contributed by atoms with Crippen molar-refractivity contribution < 1.29 is 27.1 Å². The van der Waals surface area contributed by atoms with Crippen molar-refractivity contribution in [2.24, 2.45) is 5.92 Å². The number of rotatable bonds is 6. The maximum Gasteiger partial charge on any atom is 0.349 e. The molecule has 0 saturated heterocycles. The third-order valence-corrected chi connectivity index (χ3v) is 4.32. The third kappa shape index (κ3) is 5.31. The van der Waals surface area contributed by atoms with Crippen molar-refractivity contribution in [3.05, 3.63) is 65.8 Å². The lowest BCUT2D eigenvalue weighted by Gasteiger charge is -2.19. The van der Waals surface area contributed by atoms with E-state index in [2.05, 4.69) is 6.58 Å². The highest BCUT2D eigenvalue weighted by atomic mass is 19.2. The Hall–Kier alpha value is -2.37. The van der Waals surface area contributed by atoms with Crippen LogP contribution in [0.3, 0.4) is 0 Å². The van der Waals surface area contributed by atoms with E-state index >= 15 is 0 Å². The lowest BCUT2D eigenvalue weighted by atomic mass is 9.87. The summed E-state index contributed by atoms with van der Waals surface area (Å²) in [7, 11) is 0. The van der Waals surface area contributed by atoms with Gasteiger partial charge in [0.05, 0.1) is 0 Å². The molecule has 0 amide bonds. The van der Waals surface area contributed by atoms with E-state index in [1.165, 1.54) is 6.08 Å². The van der Waals surface area contributed by atoms with E-state index in [9.17, 15) is 22.4 Å². The van der Waals surface area contributed by atoms with Gasteiger partial charge in [-0.2, -0.15) is 0 Å². The van der Waals surface area contributed by atoms with E-state index in [1.807, 2.05) is 0 Å². The van der Waals surface area contributed by atoms with E-state index in [0.29, 0.717) is 24.5 Å². The quantitative estimate of drug-likeness (QED) is 0.199. The van der Waals surface area contributed by atoms with Gasteiger partial charge in [-0.25, -0.2) is 22.4 Å². The number of hydrogen-bond donors (Lipinski definition) is 0. The second-order valence-electron chi connectivity index (χ2n) is 6.18. The molecule has 1 fully saturated rings. The topological polar surface area (TPSA) is 26.3 Å². The van der Waals surface area contributed by atoms with Crippen molar-refractivity contribution in [2.75, 3.05) is 0 Å². The van der Waals surface area contributed by atoms with Crippen LogP contribution in [0.4, 0.5) is 17.6 Å².